The fraction of sp³-hybridized carbons (Fsp3) is 0.0500. The van der Waals surface area contributed by atoms with E-state index in [1.54, 1.807) is 12.3 Å². The molecule has 1 aromatic heterocycles. The zero-order valence-electron chi connectivity index (χ0n) is 12.5. The molecule has 23 heavy (non-hydrogen) atoms. The van der Waals surface area contributed by atoms with E-state index in [0.29, 0.717) is 12.3 Å². The summed E-state index contributed by atoms with van der Waals surface area (Å²) in [6.45, 7) is 0.557. The van der Waals surface area contributed by atoms with Crippen LogP contribution in [0, 0.1) is 0 Å². The predicted molar refractivity (Wildman–Crippen MR) is 94.7 cm³/mol. The molecule has 0 saturated heterocycles. The third kappa shape index (κ3) is 2.46. The molecular formula is C20H16N2O. The second-order valence-corrected chi connectivity index (χ2v) is 5.51. The number of fused-ring (bicyclic) bond motifs is 2. The Kier molecular flexibility index (Phi) is 3.31. The van der Waals surface area contributed by atoms with E-state index in [-0.39, 0.29) is 0 Å². The minimum atomic E-state index is 0.314. The topological polar surface area (TPSA) is 45.1 Å². The fourth-order valence-corrected chi connectivity index (χ4v) is 2.95. The Balaban J connectivity index is 1.73. The summed E-state index contributed by atoms with van der Waals surface area (Å²) in [6.07, 6.45) is 1.79. The zero-order chi connectivity index (χ0) is 15.6. The lowest BCUT2D eigenvalue weighted by atomic mass is 10.0. The summed E-state index contributed by atoms with van der Waals surface area (Å²) in [5.74, 6) is 0.314. The van der Waals surface area contributed by atoms with E-state index in [0.717, 1.165) is 32.9 Å². The van der Waals surface area contributed by atoms with Gasteiger partial charge in [0, 0.05) is 29.4 Å². The second-order valence-electron chi connectivity index (χ2n) is 5.51. The molecule has 0 unspecified atom stereocenters. The van der Waals surface area contributed by atoms with Crippen molar-refractivity contribution in [3.63, 3.8) is 0 Å². The van der Waals surface area contributed by atoms with Crippen LogP contribution in [0.1, 0.15) is 5.56 Å². The van der Waals surface area contributed by atoms with Crippen LogP contribution in [0.3, 0.4) is 0 Å². The van der Waals surface area contributed by atoms with Crippen molar-refractivity contribution in [2.24, 2.45) is 0 Å². The number of anilines is 1. The highest BCUT2D eigenvalue weighted by Gasteiger charge is 2.07. The van der Waals surface area contributed by atoms with E-state index in [1.165, 1.54) is 0 Å². The Morgan fingerprint density at radius 1 is 0.826 bits per heavy atom. The third-order valence-corrected chi connectivity index (χ3v) is 4.12. The maximum Gasteiger partial charge on any atom is 0.121 e. The minimum Gasteiger partial charge on any atom is -0.508 e. The largest absolute Gasteiger partial charge is 0.508 e. The number of nitrogens with one attached hydrogen (secondary N) is 1. The molecule has 3 aromatic carbocycles. The van der Waals surface area contributed by atoms with E-state index < -0.39 is 0 Å². The number of rotatable bonds is 3. The van der Waals surface area contributed by atoms with Crippen LogP contribution >= 0.6 is 0 Å². The van der Waals surface area contributed by atoms with Gasteiger partial charge >= 0.3 is 0 Å². The van der Waals surface area contributed by atoms with E-state index in [1.807, 2.05) is 54.6 Å². The van der Waals surface area contributed by atoms with Gasteiger partial charge in [-0.2, -0.15) is 0 Å². The SMILES string of the molecule is Oc1ccc2ccccc2c1CNc1cccc2ncccc12. The first-order chi connectivity index (χ1) is 11.3. The van der Waals surface area contributed by atoms with Crippen LogP contribution in [-0.2, 0) is 6.54 Å². The predicted octanol–water partition coefficient (Wildman–Crippen LogP) is 4.71. The molecular weight excluding hydrogens is 284 g/mol. The quantitative estimate of drug-likeness (QED) is 0.576. The van der Waals surface area contributed by atoms with Crippen molar-refractivity contribution in [1.82, 2.24) is 4.98 Å². The summed E-state index contributed by atoms with van der Waals surface area (Å²) in [7, 11) is 0. The average molecular weight is 300 g/mol. The lowest BCUT2D eigenvalue weighted by Crippen LogP contribution is -2.01. The summed E-state index contributed by atoms with van der Waals surface area (Å²) in [6, 6.07) is 21.8. The number of aromatic hydroxyl groups is 1. The van der Waals surface area contributed by atoms with Crippen LogP contribution in [-0.4, -0.2) is 10.1 Å². The molecule has 0 aliphatic carbocycles. The zero-order valence-corrected chi connectivity index (χ0v) is 12.5. The lowest BCUT2D eigenvalue weighted by Gasteiger charge is -2.13. The molecule has 3 heteroatoms. The molecule has 0 radical (unpaired) electrons. The summed E-state index contributed by atoms with van der Waals surface area (Å²) in [5.41, 5.74) is 2.88. The van der Waals surface area contributed by atoms with Gasteiger partial charge in [-0.05, 0) is 41.1 Å². The molecule has 0 saturated carbocycles. The molecule has 0 amide bonds. The summed E-state index contributed by atoms with van der Waals surface area (Å²) >= 11 is 0. The Labute approximate surface area is 134 Å². The van der Waals surface area contributed by atoms with Gasteiger partial charge in [-0.15, -0.1) is 0 Å². The highest BCUT2D eigenvalue weighted by molar-refractivity contribution is 5.92. The first-order valence-corrected chi connectivity index (χ1v) is 7.60. The van der Waals surface area contributed by atoms with Gasteiger partial charge in [0.25, 0.3) is 0 Å². The lowest BCUT2D eigenvalue weighted by molar-refractivity contribution is 0.470. The number of phenols is 1. The van der Waals surface area contributed by atoms with Gasteiger partial charge in [0.1, 0.15) is 5.75 Å². The van der Waals surface area contributed by atoms with Crippen LogP contribution in [0.2, 0.25) is 0 Å². The molecule has 2 N–H and O–H groups in total. The van der Waals surface area contributed by atoms with Gasteiger partial charge in [0.15, 0.2) is 0 Å². The van der Waals surface area contributed by atoms with Crippen LogP contribution in [0.4, 0.5) is 5.69 Å². The van der Waals surface area contributed by atoms with Gasteiger partial charge in [-0.25, -0.2) is 0 Å². The number of benzene rings is 3. The monoisotopic (exact) mass is 300 g/mol. The second kappa shape index (κ2) is 5.61. The van der Waals surface area contributed by atoms with E-state index >= 15 is 0 Å². The first kappa shape index (κ1) is 13.6. The smallest absolute Gasteiger partial charge is 0.121 e. The molecule has 4 rings (SSSR count). The number of nitrogens with zero attached hydrogens (tertiary/aromatic N) is 1. The number of phenolic OH excluding ortho intramolecular Hbond substituents is 1. The average Bonchev–Trinajstić information content (AvgIpc) is 2.61. The highest BCUT2D eigenvalue weighted by Crippen LogP contribution is 2.29. The molecule has 3 nitrogen and oxygen atoms in total. The first-order valence-electron chi connectivity index (χ1n) is 7.60. The third-order valence-electron chi connectivity index (χ3n) is 4.12. The van der Waals surface area contributed by atoms with Crippen molar-refractivity contribution in [3.05, 3.63) is 78.5 Å². The maximum absolute atomic E-state index is 10.2. The van der Waals surface area contributed by atoms with E-state index in [4.69, 9.17) is 0 Å². The number of hydrogen-bond donors (Lipinski definition) is 2. The summed E-state index contributed by atoms with van der Waals surface area (Å²) in [4.78, 5) is 4.37. The molecule has 112 valence electrons. The Morgan fingerprint density at radius 2 is 1.70 bits per heavy atom. The van der Waals surface area contributed by atoms with E-state index in [2.05, 4.69) is 16.4 Å². The van der Waals surface area contributed by atoms with Crippen LogP contribution < -0.4 is 5.32 Å². The number of pyridine rings is 1. The van der Waals surface area contributed by atoms with Crippen molar-refractivity contribution in [1.29, 1.82) is 0 Å². The van der Waals surface area contributed by atoms with Gasteiger partial charge in [-0.3, -0.25) is 4.98 Å². The van der Waals surface area contributed by atoms with Gasteiger partial charge in [0.2, 0.25) is 0 Å². The number of aromatic nitrogens is 1. The fourth-order valence-electron chi connectivity index (χ4n) is 2.95. The van der Waals surface area contributed by atoms with Crippen molar-refractivity contribution >= 4 is 27.4 Å². The normalized spacial score (nSPS) is 11.0. The molecule has 0 fully saturated rings. The van der Waals surface area contributed by atoms with Gasteiger partial charge < -0.3 is 10.4 Å². The van der Waals surface area contributed by atoms with Crippen molar-refractivity contribution in [2.45, 2.75) is 6.54 Å². The van der Waals surface area contributed by atoms with Gasteiger partial charge in [-0.1, -0.05) is 36.4 Å². The standard InChI is InChI=1S/C20H16N2O/c23-20-11-10-14-5-1-2-6-15(14)17(20)13-22-19-9-3-8-18-16(19)7-4-12-21-18/h1-12,22-23H,13H2. The molecule has 4 aromatic rings. The van der Waals surface area contributed by atoms with Crippen LogP contribution in [0.25, 0.3) is 21.7 Å². The number of hydrogen-bond acceptors (Lipinski definition) is 3. The van der Waals surface area contributed by atoms with Crippen molar-refractivity contribution in [2.75, 3.05) is 5.32 Å². The van der Waals surface area contributed by atoms with Crippen LogP contribution in [0.5, 0.6) is 5.75 Å². The maximum atomic E-state index is 10.2. The molecule has 0 bridgehead atoms. The van der Waals surface area contributed by atoms with Crippen molar-refractivity contribution in [3.8, 4) is 5.75 Å². The molecule has 0 aliphatic heterocycles. The van der Waals surface area contributed by atoms with Gasteiger partial charge in [0.05, 0.1) is 5.52 Å². The van der Waals surface area contributed by atoms with E-state index in [9.17, 15) is 5.11 Å². The molecule has 0 aliphatic rings. The minimum absolute atomic E-state index is 0.314. The molecule has 0 spiro atoms. The van der Waals surface area contributed by atoms with Crippen LogP contribution in [0.15, 0.2) is 72.9 Å². The molecule has 0 atom stereocenters. The Hall–Kier alpha value is -3.07. The molecule has 1 heterocycles. The summed E-state index contributed by atoms with van der Waals surface area (Å²) < 4.78 is 0. The summed E-state index contributed by atoms with van der Waals surface area (Å²) in [5, 5.41) is 17.0. The highest BCUT2D eigenvalue weighted by atomic mass is 16.3. The Bertz CT molecular complexity index is 990. The Morgan fingerprint density at radius 3 is 2.65 bits per heavy atom. The van der Waals surface area contributed by atoms with Crippen molar-refractivity contribution < 1.29 is 5.11 Å².